The third-order valence-electron chi connectivity index (χ3n) is 5.55. The molecule has 2 amide bonds. The molecule has 35 heavy (non-hydrogen) atoms. The van der Waals surface area contributed by atoms with E-state index in [9.17, 15) is 9.59 Å². The van der Waals surface area contributed by atoms with E-state index in [1.54, 1.807) is 23.5 Å². The van der Waals surface area contributed by atoms with Crippen LogP contribution in [0.4, 0.5) is 0 Å². The molecule has 0 spiro atoms. The topological polar surface area (TPSA) is 130 Å². The molecule has 2 fully saturated rings. The quantitative estimate of drug-likeness (QED) is 0.393. The van der Waals surface area contributed by atoms with Crippen molar-refractivity contribution in [3.05, 3.63) is 59.7 Å². The second-order valence-corrected chi connectivity index (χ2v) is 10.0. The third-order valence-corrected chi connectivity index (χ3v) is 7.04. The molecule has 0 aromatic heterocycles. The van der Waals surface area contributed by atoms with Crippen molar-refractivity contribution in [1.82, 2.24) is 9.80 Å². The maximum atomic E-state index is 11.6. The summed E-state index contributed by atoms with van der Waals surface area (Å²) in [5.74, 6) is 0.336. The summed E-state index contributed by atoms with van der Waals surface area (Å²) in [6, 6.07) is 16.6. The molecule has 2 saturated heterocycles. The van der Waals surface area contributed by atoms with Crippen LogP contribution in [0, 0.1) is 0 Å². The van der Waals surface area contributed by atoms with Gasteiger partial charge in [-0.15, -0.1) is 23.5 Å². The fourth-order valence-electron chi connectivity index (χ4n) is 3.81. The van der Waals surface area contributed by atoms with Crippen LogP contribution in [0.2, 0.25) is 0 Å². The zero-order valence-electron chi connectivity index (χ0n) is 20.1. The van der Waals surface area contributed by atoms with Crippen molar-refractivity contribution >= 4 is 41.8 Å². The number of carbonyl (C=O) groups is 3. The minimum Gasteiger partial charge on any atom is -0.483 e. The van der Waals surface area contributed by atoms with Gasteiger partial charge < -0.3 is 26.4 Å². The Labute approximate surface area is 215 Å². The first kappa shape index (κ1) is 28.7. The van der Waals surface area contributed by atoms with E-state index in [2.05, 4.69) is 61.0 Å². The fraction of sp³-hybridized carbons (Fsp3) is 0.400. The van der Waals surface area contributed by atoms with Gasteiger partial charge in [0, 0.05) is 60.9 Å². The molecule has 2 aliphatic heterocycles. The predicted molar refractivity (Wildman–Crippen MR) is 141 cm³/mol. The molecular weight excluding hydrogens is 484 g/mol. The van der Waals surface area contributed by atoms with Crippen molar-refractivity contribution < 1.29 is 19.5 Å². The van der Waals surface area contributed by atoms with E-state index in [4.69, 9.17) is 21.4 Å². The first-order valence-electron chi connectivity index (χ1n) is 11.2. The van der Waals surface area contributed by atoms with E-state index in [0.717, 1.165) is 0 Å². The molecule has 0 radical (unpaired) electrons. The standard InChI is InChI=1S/2C12H16N2OS.CH2O2/c2*1-16-11-4-2-9(3-5-11)7-14-8-10(13)6-12(14)15;2-1-3/h2*2-5,10H,6-8,13H2,1H3;1H,(H,2,3). The molecule has 2 aromatic carbocycles. The van der Waals surface area contributed by atoms with E-state index in [1.165, 1.54) is 20.9 Å². The van der Waals surface area contributed by atoms with Crippen LogP contribution in [0.25, 0.3) is 0 Å². The van der Waals surface area contributed by atoms with E-state index in [1.807, 2.05) is 9.80 Å². The summed E-state index contributed by atoms with van der Waals surface area (Å²) in [4.78, 5) is 37.6. The van der Waals surface area contributed by atoms with Crippen molar-refractivity contribution in [2.75, 3.05) is 25.6 Å². The first-order valence-corrected chi connectivity index (χ1v) is 13.6. The summed E-state index contributed by atoms with van der Waals surface area (Å²) >= 11 is 3.44. The summed E-state index contributed by atoms with van der Waals surface area (Å²) in [5.41, 5.74) is 13.8. The summed E-state index contributed by atoms with van der Waals surface area (Å²) in [6.07, 6.45) is 5.09. The van der Waals surface area contributed by atoms with Gasteiger partial charge in [0.25, 0.3) is 6.47 Å². The molecule has 5 N–H and O–H groups in total. The van der Waals surface area contributed by atoms with Gasteiger partial charge in [0.2, 0.25) is 11.8 Å². The van der Waals surface area contributed by atoms with Crippen LogP contribution < -0.4 is 11.5 Å². The summed E-state index contributed by atoms with van der Waals surface area (Å²) in [7, 11) is 0. The van der Waals surface area contributed by atoms with Crippen LogP contribution in [0.3, 0.4) is 0 Å². The average molecular weight is 519 g/mol. The van der Waals surface area contributed by atoms with Crippen LogP contribution in [0.5, 0.6) is 0 Å². The highest BCUT2D eigenvalue weighted by Gasteiger charge is 2.27. The molecule has 2 aromatic rings. The number of rotatable bonds is 6. The molecule has 8 nitrogen and oxygen atoms in total. The Morgan fingerprint density at radius 2 is 1.11 bits per heavy atom. The number of nitrogens with zero attached hydrogens (tertiary/aromatic N) is 2. The second kappa shape index (κ2) is 14.8. The molecule has 2 unspecified atom stereocenters. The van der Waals surface area contributed by atoms with Gasteiger partial charge in [0.15, 0.2) is 0 Å². The number of nitrogens with two attached hydrogens (primary N) is 2. The van der Waals surface area contributed by atoms with Gasteiger partial charge in [-0.25, -0.2) is 0 Å². The number of benzene rings is 2. The maximum Gasteiger partial charge on any atom is 0.290 e. The second-order valence-electron chi connectivity index (χ2n) is 8.28. The molecule has 190 valence electrons. The Kier molecular flexibility index (Phi) is 12.1. The van der Waals surface area contributed by atoms with Crippen LogP contribution in [-0.4, -0.2) is 70.9 Å². The van der Waals surface area contributed by atoms with E-state index >= 15 is 0 Å². The SMILES string of the molecule is CSc1ccc(CN2CC(N)CC2=O)cc1.CSc1ccc(CN2CC(N)CC2=O)cc1.O=CO. The van der Waals surface area contributed by atoms with Gasteiger partial charge in [-0.2, -0.15) is 0 Å². The number of thioether (sulfide) groups is 2. The van der Waals surface area contributed by atoms with Gasteiger partial charge in [-0.1, -0.05) is 24.3 Å². The number of likely N-dealkylation sites (tertiary alicyclic amines) is 2. The molecular formula is C25H34N4O4S2. The molecule has 2 heterocycles. The zero-order chi connectivity index (χ0) is 25.8. The fourth-order valence-corrected chi connectivity index (χ4v) is 4.63. The van der Waals surface area contributed by atoms with Crippen molar-refractivity contribution in [3.8, 4) is 0 Å². The van der Waals surface area contributed by atoms with E-state index in [0.29, 0.717) is 39.0 Å². The van der Waals surface area contributed by atoms with Crippen LogP contribution in [0.1, 0.15) is 24.0 Å². The summed E-state index contributed by atoms with van der Waals surface area (Å²) < 4.78 is 0. The lowest BCUT2D eigenvalue weighted by Gasteiger charge is -2.16. The van der Waals surface area contributed by atoms with Crippen molar-refractivity contribution in [1.29, 1.82) is 0 Å². The lowest BCUT2D eigenvalue weighted by atomic mass is 10.2. The highest BCUT2D eigenvalue weighted by atomic mass is 32.2. The largest absolute Gasteiger partial charge is 0.483 e. The zero-order valence-corrected chi connectivity index (χ0v) is 21.8. The number of carboxylic acid groups (broad SMARTS) is 1. The molecule has 0 saturated carbocycles. The summed E-state index contributed by atoms with van der Waals surface area (Å²) in [6.45, 7) is 2.48. The Hall–Kier alpha value is -2.53. The maximum absolute atomic E-state index is 11.6. The van der Waals surface area contributed by atoms with E-state index in [-0.39, 0.29) is 30.4 Å². The van der Waals surface area contributed by atoms with Gasteiger partial charge in [-0.05, 0) is 47.9 Å². The van der Waals surface area contributed by atoms with Gasteiger partial charge in [0.05, 0.1) is 0 Å². The molecule has 2 aliphatic rings. The number of amides is 2. The average Bonchev–Trinajstić information content (AvgIpc) is 3.33. The Bertz CT molecular complexity index is 881. The normalized spacial score (nSPS) is 19.1. The monoisotopic (exact) mass is 518 g/mol. The Morgan fingerprint density at radius 1 is 0.800 bits per heavy atom. The minimum absolute atomic E-state index is 0.0120. The highest BCUT2D eigenvalue weighted by molar-refractivity contribution is 7.98. The smallest absolute Gasteiger partial charge is 0.290 e. The van der Waals surface area contributed by atoms with Crippen LogP contribution >= 0.6 is 23.5 Å². The third kappa shape index (κ3) is 9.56. The molecule has 10 heteroatoms. The molecule has 0 bridgehead atoms. The van der Waals surface area contributed by atoms with Gasteiger partial charge in [-0.3, -0.25) is 14.4 Å². The summed E-state index contributed by atoms with van der Waals surface area (Å²) in [5, 5.41) is 6.89. The lowest BCUT2D eigenvalue weighted by Crippen LogP contribution is -2.27. The van der Waals surface area contributed by atoms with Crippen molar-refractivity contribution in [2.45, 2.75) is 47.8 Å². The number of carbonyl (C=O) groups excluding carboxylic acids is 2. The number of hydrogen-bond donors (Lipinski definition) is 3. The molecule has 4 rings (SSSR count). The van der Waals surface area contributed by atoms with E-state index < -0.39 is 0 Å². The number of hydrogen-bond acceptors (Lipinski definition) is 7. The minimum atomic E-state index is -0.250. The lowest BCUT2D eigenvalue weighted by molar-refractivity contribution is -0.129. The Balaban J connectivity index is 0.000000222. The predicted octanol–water partition coefficient (Wildman–Crippen LogP) is 2.64. The van der Waals surface area contributed by atoms with Gasteiger partial charge in [0.1, 0.15) is 0 Å². The van der Waals surface area contributed by atoms with Gasteiger partial charge >= 0.3 is 0 Å². The Morgan fingerprint density at radius 3 is 1.34 bits per heavy atom. The van der Waals surface area contributed by atoms with Crippen LogP contribution in [0.15, 0.2) is 58.3 Å². The highest BCUT2D eigenvalue weighted by Crippen LogP contribution is 2.19. The van der Waals surface area contributed by atoms with Crippen molar-refractivity contribution in [2.24, 2.45) is 11.5 Å². The first-order chi connectivity index (χ1) is 16.8. The molecule has 2 atom stereocenters. The van der Waals surface area contributed by atoms with Crippen molar-refractivity contribution in [3.63, 3.8) is 0 Å². The van der Waals surface area contributed by atoms with Crippen LogP contribution in [-0.2, 0) is 27.5 Å². The molecule has 0 aliphatic carbocycles.